The molecule has 0 radical (unpaired) electrons. The molecule has 0 spiro atoms. The largest absolute Gasteiger partial charge is 0.463 e. The van der Waals surface area contributed by atoms with Gasteiger partial charge in [0.05, 0.1) is 13.2 Å². The summed E-state index contributed by atoms with van der Waals surface area (Å²) in [7, 11) is 3.21. The lowest BCUT2D eigenvalue weighted by molar-refractivity contribution is 0.0586. The lowest BCUT2D eigenvalue weighted by Gasteiger charge is -2.31. The Labute approximate surface area is 118 Å². The minimum Gasteiger partial charge on any atom is -0.463 e. The predicted octanol–water partition coefficient (Wildman–Crippen LogP) is 1.25. The van der Waals surface area contributed by atoms with Crippen molar-refractivity contribution in [3.8, 4) is 0 Å². The molecule has 1 saturated carbocycles. The summed E-state index contributed by atoms with van der Waals surface area (Å²) < 4.78 is 4.62. The van der Waals surface area contributed by atoms with E-state index in [1.54, 1.807) is 12.3 Å². The van der Waals surface area contributed by atoms with Gasteiger partial charge in [-0.1, -0.05) is 12.8 Å². The number of aliphatic hydroxyl groups excluding tert-OH is 1. The van der Waals surface area contributed by atoms with Crippen LogP contribution in [0.25, 0.3) is 0 Å². The lowest BCUT2D eigenvalue weighted by Crippen LogP contribution is -2.35. The Kier molecular flexibility index (Phi) is 4.89. The van der Waals surface area contributed by atoms with Gasteiger partial charge in [-0.3, -0.25) is 0 Å². The summed E-state index contributed by atoms with van der Waals surface area (Å²) >= 11 is 0. The number of hydrogen-bond acceptors (Lipinski definition) is 6. The highest BCUT2D eigenvalue weighted by atomic mass is 16.5. The van der Waals surface area contributed by atoms with Crippen LogP contribution in [-0.4, -0.2) is 47.8 Å². The number of rotatable bonds is 4. The topological polar surface area (TPSA) is 75.5 Å². The molecule has 1 aromatic heterocycles. The fourth-order valence-corrected chi connectivity index (χ4v) is 2.60. The summed E-state index contributed by atoms with van der Waals surface area (Å²) in [6, 6.07) is 1.75. The highest BCUT2D eigenvalue weighted by Crippen LogP contribution is 2.25. The molecule has 2 unspecified atom stereocenters. The van der Waals surface area contributed by atoms with Crippen LogP contribution in [0.4, 0.5) is 5.82 Å². The van der Waals surface area contributed by atoms with Crippen molar-refractivity contribution >= 4 is 11.8 Å². The van der Waals surface area contributed by atoms with Crippen LogP contribution in [0, 0.1) is 5.92 Å². The second kappa shape index (κ2) is 6.65. The predicted molar refractivity (Wildman–Crippen MR) is 74.6 cm³/mol. The van der Waals surface area contributed by atoms with Crippen molar-refractivity contribution in [2.24, 2.45) is 5.92 Å². The molecule has 1 aliphatic rings. The Bertz CT molecular complexity index is 467. The molecule has 0 bridgehead atoms. The van der Waals surface area contributed by atoms with Crippen LogP contribution < -0.4 is 4.90 Å². The van der Waals surface area contributed by atoms with E-state index in [1.165, 1.54) is 7.11 Å². The van der Waals surface area contributed by atoms with Crippen LogP contribution in [0.15, 0.2) is 12.3 Å². The van der Waals surface area contributed by atoms with E-state index in [0.29, 0.717) is 5.82 Å². The van der Waals surface area contributed by atoms with Crippen LogP contribution in [0.3, 0.4) is 0 Å². The molecule has 0 amide bonds. The van der Waals surface area contributed by atoms with E-state index in [9.17, 15) is 9.90 Å². The standard InChI is InChI=1S/C14H21N3O3/c1-17(9-10-5-3-4-6-11(10)18)12-7-8-15-13(16-12)14(19)20-2/h7-8,10-11,18H,3-6,9H2,1-2H3. The van der Waals surface area contributed by atoms with E-state index in [2.05, 4.69) is 14.7 Å². The van der Waals surface area contributed by atoms with Gasteiger partial charge in [-0.2, -0.15) is 0 Å². The van der Waals surface area contributed by atoms with Gasteiger partial charge in [0.1, 0.15) is 5.82 Å². The number of carbonyl (C=O) groups excluding carboxylic acids is 1. The molecule has 2 atom stereocenters. The van der Waals surface area contributed by atoms with Crippen molar-refractivity contribution in [2.45, 2.75) is 31.8 Å². The smallest absolute Gasteiger partial charge is 0.376 e. The first-order valence-electron chi connectivity index (χ1n) is 6.92. The highest BCUT2D eigenvalue weighted by Gasteiger charge is 2.24. The van der Waals surface area contributed by atoms with Gasteiger partial charge in [0.25, 0.3) is 0 Å². The molecule has 0 aliphatic heterocycles. The Morgan fingerprint density at radius 1 is 1.50 bits per heavy atom. The second-order valence-electron chi connectivity index (χ2n) is 5.22. The number of carbonyl (C=O) groups is 1. The molecular weight excluding hydrogens is 258 g/mol. The number of aliphatic hydroxyl groups is 1. The first kappa shape index (κ1) is 14.7. The molecule has 1 aliphatic carbocycles. The number of anilines is 1. The van der Waals surface area contributed by atoms with Crippen molar-refractivity contribution in [1.82, 2.24) is 9.97 Å². The van der Waals surface area contributed by atoms with Crippen LogP contribution in [0.5, 0.6) is 0 Å². The summed E-state index contributed by atoms with van der Waals surface area (Å²) in [4.78, 5) is 21.5. The Morgan fingerprint density at radius 3 is 2.95 bits per heavy atom. The molecule has 20 heavy (non-hydrogen) atoms. The normalized spacial score (nSPS) is 22.4. The third-order valence-electron chi connectivity index (χ3n) is 3.78. The fraction of sp³-hybridized carbons (Fsp3) is 0.643. The molecule has 6 heteroatoms. The lowest BCUT2D eigenvalue weighted by atomic mass is 9.86. The first-order chi connectivity index (χ1) is 9.61. The molecule has 0 saturated heterocycles. The zero-order valence-corrected chi connectivity index (χ0v) is 12.0. The molecule has 1 aromatic rings. The van der Waals surface area contributed by atoms with E-state index >= 15 is 0 Å². The van der Waals surface area contributed by atoms with E-state index in [0.717, 1.165) is 32.2 Å². The number of methoxy groups -OCH3 is 1. The van der Waals surface area contributed by atoms with Gasteiger partial charge in [-0.15, -0.1) is 0 Å². The van der Waals surface area contributed by atoms with E-state index in [-0.39, 0.29) is 17.8 Å². The van der Waals surface area contributed by atoms with Gasteiger partial charge in [-0.25, -0.2) is 14.8 Å². The molecule has 110 valence electrons. The van der Waals surface area contributed by atoms with Crippen molar-refractivity contribution in [3.63, 3.8) is 0 Å². The quantitative estimate of drug-likeness (QED) is 0.836. The number of aromatic nitrogens is 2. The number of nitrogens with zero attached hydrogens (tertiary/aromatic N) is 3. The molecule has 1 heterocycles. The van der Waals surface area contributed by atoms with Crippen LogP contribution >= 0.6 is 0 Å². The molecule has 6 nitrogen and oxygen atoms in total. The molecule has 1 fully saturated rings. The number of hydrogen-bond donors (Lipinski definition) is 1. The summed E-state index contributed by atoms with van der Waals surface area (Å²) in [6.45, 7) is 0.721. The SMILES string of the molecule is COC(=O)c1nccc(N(C)CC2CCCCC2O)n1. The maximum atomic E-state index is 11.4. The molecule has 1 N–H and O–H groups in total. The van der Waals surface area contributed by atoms with Gasteiger partial charge >= 0.3 is 5.97 Å². The Balaban J connectivity index is 2.04. The minimum absolute atomic E-state index is 0.0565. The zero-order chi connectivity index (χ0) is 14.5. The minimum atomic E-state index is -0.544. The third-order valence-corrected chi connectivity index (χ3v) is 3.78. The van der Waals surface area contributed by atoms with Crippen LogP contribution in [0.1, 0.15) is 36.3 Å². The van der Waals surface area contributed by atoms with Crippen LogP contribution in [-0.2, 0) is 4.74 Å². The average molecular weight is 279 g/mol. The monoisotopic (exact) mass is 279 g/mol. The Morgan fingerprint density at radius 2 is 2.25 bits per heavy atom. The van der Waals surface area contributed by atoms with Crippen molar-refractivity contribution < 1.29 is 14.6 Å². The molecular formula is C14H21N3O3. The van der Waals surface area contributed by atoms with Crippen molar-refractivity contribution in [2.75, 3.05) is 25.6 Å². The van der Waals surface area contributed by atoms with Crippen LogP contribution in [0.2, 0.25) is 0 Å². The maximum absolute atomic E-state index is 11.4. The van der Waals surface area contributed by atoms with Gasteiger partial charge in [0.2, 0.25) is 5.82 Å². The van der Waals surface area contributed by atoms with E-state index in [4.69, 9.17) is 0 Å². The third kappa shape index (κ3) is 3.45. The summed E-state index contributed by atoms with van der Waals surface area (Å²) in [5, 5.41) is 10.0. The molecule has 0 aromatic carbocycles. The highest BCUT2D eigenvalue weighted by molar-refractivity contribution is 5.85. The average Bonchev–Trinajstić information content (AvgIpc) is 2.49. The van der Waals surface area contributed by atoms with Gasteiger partial charge in [0.15, 0.2) is 0 Å². The number of ether oxygens (including phenoxy) is 1. The zero-order valence-electron chi connectivity index (χ0n) is 12.0. The van der Waals surface area contributed by atoms with E-state index < -0.39 is 5.97 Å². The van der Waals surface area contributed by atoms with E-state index in [1.807, 2.05) is 11.9 Å². The second-order valence-corrected chi connectivity index (χ2v) is 5.22. The van der Waals surface area contributed by atoms with Crippen molar-refractivity contribution in [1.29, 1.82) is 0 Å². The first-order valence-corrected chi connectivity index (χ1v) is 6.92. The molecule has 2 rings (SSSR count). The van der Waals surface area contributed by atoms with Gasteiger partial charge in [0, 0.05) is 25.7 Å². The summed E-state index contributed by atoms with van der Waals surface area (Å²) in [5.74, 6) is 0.433. The fourth-order valence-electron chi connectivity index (χ4n) is 2.60. The van der Waals surface area contributed by atoms with Gasteiger partial charge < -0.3 is 14.7 Å². The van der Waals surface area contributed by atoms with Gasteiger partial charge in [-0.05, 0) is 18.9 Å². The maximum Gasteiger partial charge on any atom is 0.376 e. The summed E-state index contributed by atoms with van der Waals surface area (Å²) in [5.41, 5.74) is 0. The Hall–Kier alpha value is -1.69. The number of esters is 1. The summed E-state index contributed by atoms with van der Waals surface area (Å²) in [6.07, 6.45) is 5.46. The van der Waals surface area contributed by atoms with Crippen molar-refractivity contribution in [3.05, 3.63) is 18.1 Å².